The van der Waals surface area contributed by atoms with Crippen molar-refractivity contribution in [2.24, 2.45) is 5.92 Å². The van der Waals surface area contributed by atoms with Gasteiger partial charge in [-0.3, -0.25) is 9.59 Å². The molecule has 0 fully saturated rings. The fourth-order valence-corrected chi connectivity index (χ4v) is 3.95. The Bertz CT molecular complexity index is 883. The van der Waals surface area contributed by atoms with Crippen LogP contribution >= 0.6 is 15.9 Å². The van der Waals surface area contributed by atoms with E-state index in [4.69, 9.17) is 9.99 Å². The van der Waals surface area contributed by atoms with Crippen molar-refractivity contribution >= 4 is 27.8 Å². The molecule has 3 rings (SSSR count). The number of carbonyl (C=O) groups excluding carboxylic acids is 2. The molecule has 2 aromatic rings. The van der Waals surface area contributed by atoms with E-state index in [0.29, 0.717) is 12.0 Å². The summed E-state index contributed by atoms with van der Waals surface area (Å²) in [6.07, 6.45) is 1.29. The molecular weight excluding hydrogens is 414 g/mol. The minimum atomic E-state index is -0.533. The SMILES string of the molecule is COC(=O)C1CCc2cc(Br)ccc2C1NC(=O)c1cccc(C)c1OO. The summed E-state index contributed by atoms with van der Waals surface area (Å²) < 4.78 is 5.89. The summed E-state index contributed by atoms with van der Waals surface area (Å²) in [7, 11) is 1.34. The van der Waals surface area contributed by atoms with E-state index in [-0.39, 0.29) is 17.3 Å². The third kappa shape index (κ3) is 3.84. The normalized spacial score (nSPS) is 18.4. The highest BCUT2D eigenvalue weighted by molar-refractivity contribution is 9.10. The Morgan fingerprint density at radius 1 is 1.26 bits per heavy atom. The third-order valence-corrected chi connectivity index (χ3v) is 5.40. The maximum atomic E-state index is 12.9. The lowest BCUT2D eigenvalue weighted by atomic mass is 9.79. The Kier molecular flexibility index (Phi) is 5.82. The van der Waals surface area contributed by atoms with Gasteiger partial charge in [0.2, 0.25) is 0 Å². The first-order valence-electron chi connectivity index (χ1n) is 8.54. The summed E-state index contributed by atoms with van der Waals surface area (Å²) in [5.41, 5.74) is 2.78. The molecule has 6 nitrogen and oxygen atoms in total. The molecule has 1 aliphatic rings. The number of amides is 1. The second kappa shape index (κ2) is 8.10. The number of hydrogen-bond acceptors (Lipinski definition) is 5. The van der Waals surface area contributed by atoms with Crippen LogP contribution in [0.1, 0.15) is 39.5 Å². The van der Waals surface area contributed by atoms with Crippen molar-refractivity contribution in [1.29, 1.82) is 0 Å². The molecule has 0 bridgehead atoms. The third-order valence-electron chi connectivity index (χ3n) is 4.91. The predicted octanol–water partition coefficient (Wildman–Crippen LogP) is 3.82. The molecule has 0 aromatic heterocycles. The fraction of sp³-hybridized carbons (Fsp3) is 0.300. The molecule has 2 unspecified atom stereocenters. The molecule has 142 valence electrons. The second-order valence-corrected chi connectivity index (χ2v) is 7.42. The van der Waals surface area contributed by atoms with E-state index in [9.17, 15) is 9.59 Å². The van der Waals surface area contributed by atoms with Gasteiger partial charge in [0.15, 0.2) is 5.75 Å². The molecule has 0 saturated heterocycles. The zero-order chi connectivity index (χ0) is 19.6. The van der Waals surface area contributed by atoms with Crippen LogP contribution in [0.2, 0.25) is 0 Å². The van der Waals surface area contributed by atoms with Gasteiger partial charge >= 0.3 is 5.97 Å². The van der Waals surface area contributed by atoms with Crippen LogP contribution in [0, 0.1) is 12.8 Å². The number of aryl methyl sites for hydroxylation is 2. The standard InChI is InChI=1S/C20H20BrNO5/c1-11-4-3-5-16(18(11)27-25)19(23)22-17-14-9-7-13(21)10-12(14)6-8-15(17)20(24)26-2/h3-5,7,9-10,15,17,25H,6,8H2,1-2H3,(H,22,23). The highest BCUT2D eigenvalue weighted by atomic mass is 79.9. The second-order valence-electron chi connectivity index (χ2n) is 6.51. The number of hydrogen-bond donors (Lipinski definition) is 2. The molecule has 0 aliphatic heterocycles. The lowest BCUT2D eigenvalue weighted by Gasteiger charge is -2.32. The quantitative estimate of drug-likeness (QED) is 0.434. The van der Waals surface area contributed by atoms with E-state index in [2.05, 4.69) is 26.1 Å². The highest BCUT2D eigenvalue weighted by Gasteiger charge is 2.36. The molecular formula is C20H20BrNO5. The van der Waals surface area contributed by atoms with Gasteiger partial charge in [-0.05, 0) is 54.7 Å². The average molecular weight is 434 g/mol. The molecule has 1 aliphatic carbocycles. The maximum absolute atomic E-state index is 12.9. The minimum Gasteiger partial charge on any atom is -0.469 e. The van der Waals surface area contributed by atoms with Crippen molar-refractivity contribution < 1.29 is 24.5 Å². The molecule has 0 spiro atoms. The Morgan fingerprint density at radius 3 is 2.74 bits per heavy atom. The van der Waals surface area contributed by atoms with Crippen LogP contribution in [-0.4, -0.2) is 24.2 Å². The van der Waals surface area contributed by atoms with E-state index in [1.54, 1.807) is 25.1 Å². The number of nitrogens with one attached hydrogen (secondary N) is 1. The number of rotatable bonds is 4. The van der Waals surface area contributed by atoms with Crippen molar-refractivity contribution in [1.82, 2.24) is 5.32 Å². The lowest BCUT2D eigenvalue weighted by Crippen LogP contribution is -2.40. The van der Waals surface area contributed by atoms with Crippen molar-refractivity contribution in [2.45, 2.75) is 25.8 Å². The zero-order valence-electron chi connectivity index (χ0n) is 15.0. The van der Waals surface area contributed by atoms with Gasteiger partial charge in [-0.2, -0.15) is 0 Å². The maximum Gasteiger partial charge on any atom is 0.311 e. The number of carbonyl (C=O) groups is 2. The molecule has 0 heterocycles. The average Bonchev–Trinajstić information content (AvgIpc) is 2.67. The van der Waals surface area contributed by atoms with Crippen LogP contribution in [0.15, 0.2) is 40.9 Å². The van der Waals surface area contributed by atoms with Crippen LogP contribution < -0.4 is 10.2 Å². The number of fused-ring (bicyclic) bond motifs is 1. The van der Waals surface area contributed by atoms with Gasteiger partial charge in [0.25, 0.3) is 5.91 Å². The van der Waals surface area contributed by atoms with Crippen molar-refractivity contribution in [3.05, 3.63) is 63.1 Å². The van der Waals surface area contributed by atoms with E-state index < -0.39 is 17.9 Å². The van der Waals surface area contributed by atoms with Gasteiger partial charge in [-0.1, -0.05) is 34.1 Å². The summed E-state index contributed by atoms with van der Waals surface area (Å²) in [5.74, 6) is -1.19. The Morgan fingerprint density at radius 2 is 2.04 bits per heavy atom. The first-order valence-corrected chi connectivity index (χ1v) is 9.33. The lowest BCUT2D eigenvalue weighted by molar-refractivity contribution is -0.147. The predicted molar refractivity (Wildman–Crippen MR) is 103 cm³/mol. The molecule has 27 heavy (non-hydrogen) atoms. The van der Waals surface area contributed by atoms with Gasteiger partial charge in [-0.25, -0.2) is 5.26 Å². The fourth-order valence-electron chi connectivity index (χ4n) is 3.54. The molecule has 0 saturated carbocycles. The van der Waals surface area contributed by atoms with Crippen LogP contribution in [0.3, 0.4) is 0 Å². The Labute approximate surface area is 165 Å². The number of methoxy groups -OCH3 is 1. The van der Waals surface area contributed by atoms with Crippen LogP contribution in [0.4, 0.5) is 0 Å². The van der Waals surface area contributed by atoms with Gasteiger partial charge in [0, 0.05) is 4.47 Å². The first-order chi connectivity index (χ1) is 13.0. The molecule has 0 radical (unpaired) electrons. The number of para-hydroxylation sites is 1. The summed E-state index contributed by atoms with van der Waals surface area (Å²) in [6.45, 7) is 1.73. The summed E-state index contributed by atoms with van der Waals surface area (Å²) in [4.78, 5) is 29.6. The van der Waals surface area contributed by atoms with E-state index in [1.807, 2.05) is 18.2 Å². The molecule has 2 N–H and O–H groups in total. The molecule has 7 heteroatoms. The number of esters is 1. The largest absolute Gasteiger partial charge is 0.469 e. The smallest absolute Gasteiger partial charge is 0.311 e. The zero-order valence-corrected chi connectivity index (χ0v) is 16.6. The van der Waals surface area contributed by atoms with Crippen LogP contribution in [-0.2, 0) is 16.0 Å². The first kappa shape index (κ1) is 19.4. The van der Waals surface area contributed by atoms with Gasteiger partial charge in [-0.15, -0.1) is 0 Å². The van der Waals surface area contributed by atoms with Crippen LogP contribution in [0.25, 0.3) is 0 Å². The topological polar surface area (TPSA) is 84.9 Å². The Hall–Kier alpha value is -2.38. The molecule has 1 amide bonds. The summed E-state index contributed by atoms with van der Waals surface area (Å²) in [5, 5.41) is 12.1. The van der Waals surface area contributed by atoms with Gasteiger partial charge in [0.05, 0.1) is 24.6 Å². The van der Waals surface area contributed by atoms with Crippen molar-refractivity contribution in [2.75, 3.05) is 7.11 Å². The summed E-state index contributed by atoms with van der Waals surface area (Å²) >= 11 is 3.46. The van der Waals surface area contributed by atoms with Crippen molar-refractivity contribution in [3.63, 3.8) is 0 Å². The number of halogens is 1. The molecule has 2 aromatic carbocycles. The van der Waals surface area contributed by atoms with E-state index >= 15 is 0 Å². The van der Waals surface area contributed by atoms with Gasteiger partial charge in [0.1, 0.15) is 0 Å². The van der Waals surface area contributed by atoms with E-state index in [1.165, 1.54) is 7.11 Å². The minimum absolute atomic E-state index is 0.0939. The number of ether oxygens (including phenoxy) is 1. The van der Waals surface area contributed by atoms with Crippen molar-refractivity contribution in [3.8, 4) is 5.75 Å². The van der Waals surface area contributed by atoms with Gasteiger partial charge < -0.3 is 14.9 Å². The molecule has 2 atom stereocenters. The van der Waals surface area contributed by atoms with E-state index in [0.717, 1.165) is 22.0 Å². The summed E-state index contributed by atoms with van der Waals surface area (Å²) in [6, 6.07) is 10.2. The Balaban J connectivity index is 1.98. The van der Waals surface area contributed by atoms with Crippen LogP contribution in [0.5, 0.6) is 5.75 Å². The monoisotopic (exact) mass is 433 g/mol. The number of benzene rings is 2. The highest BCUT2D eigenvalue weighted by Crippen LogP contribution is 2.37.